The fraction of sp³-hybridized carbons (Fsp3) is 0.583. The molecule has 0 unspecified atom stereocenters. The van der Waals surface area contributed by atoms with Gasteiger partial charge in [-0.2, -0.15) is 5.10 Å². The summed E-state index contributed by atoms with van der Waals surface area (Å²) in [5.41, 5.74) is 0.974. The number of carboxylic acids is 1. The Morgan fingerprint density at radius 2 is 2.30 bits per heavy atom. The number of aliphatic hydroxyl groups is 1. The molecule has 8 heteroatoms. The van der Waals surface area contributed by atoms with Crippen molar-refractivity contribution in [2.75, 3.05) is 13.1 Å². The van der Waals surface area contributed by atoms with Crippen LogP contribution in [0.2, 0.25) is 0 Å². The van der Waals surface area contributed by atoms with Crippen LogP contribution in [0, 0.1) is 0 Å². The van der Waals surface area contributed by atoms with Gasteiger partial charge in [-0.25, -0.2) is 9.59 Å². The van der Waals surface area contributed by atoms with Gasteiger partial charge < -0.3 is 20.4 Å². The Hall–Kier alpha value is -2.09. The molecule has 0 spiro atoms. The fourth-order valence-electron chi connectivity index (χ4n) is 2.32. The van der Waals surface area contributed by atoms with Gasteiger partial charge in [-0.05, 0) is 6.07 Å². The average molecular weight is 282 g/mol. The summed E-state index contributed by atoms with van der Waals surface area (Å²) in [6.45, 7) is 0.436. The number of amides is 2. The lowest BCUT2D eigenvalue weighted by molar-refractivity contribution is -0.141. The summed E-state index contributed by atoms with van der Waals surface area (Å²) in [5, 5.41) is 25.2. The predicted octanol–water partition coefficient (Wildman–Crippen LogP) is -0.808. The number of nitrogens with zero attached hydrogens (tertiary/aromatic N) is 3. The van der Waals surface area contributed by atoms with Crippen LogP contribution in [0.25, 0.3) is 0 Å². The number of carbonyl (C=O) groups excluding carboxylic acids is 1. The van der Waals surface area contributed by atoms with Crippen LogP contribution in [-0.2, 0) is 18.3 Å². The van der Waals surface area contributed by atoms with Crippen molar-refractivity contribution in [3.63, 3.8) is 0 Å². The molecule has 1 aromatic heterocycles. The predicted molar refractivity (Wildman–Crippen MR) is 69.1 cm³/mol. The van der Waals surface area contributed by atoms with E-state index < -0.39 is 24.1 Å². The highest BCUT2D eigenvalue weighted by molar-refractivity contribution is 5.83. The number of hydrogen-bond acceptors (Lipinski definition) is 4. The second-order valence-corrected chi connectivity index (χ2v) is 4.82. The third kappa shape index (κ3) is 3.08. The fourth-order valence-corrected chi connectivity index (χ4v) is 2.32. The highest BCUT2D eigenvalue weighted by atomic mass is 16.4. The van der Waals surface area contributed by atoms with Crippen molar-refractivity contribution >= 4 is 12.0 Å². The van der Waals surface area contributed by atoms with Gasteiger partial charge >= 0.3 is 12.0 Å². The zero-order valence-electron chi connectivity index (χ0n) is 11.2. The summed E-state index contributed by atoms with van der Waals surface area (Å²) in [6, 6.07) is 0.434. The molecule has 8 nitrogen and oxygen atoms in total. The lowest BCUT2D eigenvalue weighted by atomic mass is 10.2. The SMILES string of the molecule is Cn1nccc1CCNC(=O)N1C[C@@H](O)C[C@H]1C(=O)O. The lowest BCUT2D eigenvalue weighted by Gasteiger charge is -2.21. The van der Waals surface area contributed by atoms with E-state index in [0.717, 1.165) is 10.6 Å². The molecule has 0 aromatic carbocycles. The van der Waals surface area contributed by atoms with Crippen molar-refractivity contribution in [2.24, 2.45) is 7.05 Å². The molecule has 1 aromatic rings. The Labute approximate surface area is 116 Å². The average Bonchev–Trinajstić information content (AvgIpc) is 2.96. The summed E-state index contributed by atoms with van der Waals surface area (Å²) >= 11 is 0. The minimum Gasteiger partial charge on any atom is -0.480 e. The summed E-state index contributed by atoms with van der Waals surface area (Å²) < 4.78 is 1.71. The number of carbonyl (C=O) groups is 2. The molecule has 0 saturated carbocycles. The maximum Gasteiger partial charge on any atom is 0.326 e. The number of β-amino-alcohol motifs (C(OH)–C–C–N with tert-alkyl or cyclic N) is 1. The van der Waals surface area contributed by atoms with Gasteiger partial charge in [-0.3, -0.25) is 4.68 Å². The van der Waals surface area contributed by atoms with Gasteiger partial charge in [-0.15, -0.1) is 0 Å². The molecule has 20 heavy (non-hydrogen) atoms. The lowest BCUT2D eigenvalue weighted by Crippen LogP contribution is -2.46. The number of aliphatic hydroxyl groups excluding tert-OH is 1. The number of aryl methyl sites for hydroxylation is 1. The van der Waals surface area contributed by atoms with E-state index >= 15 is 0 Å². The Kier molecular flexibility index (Phi) is 4.23. The molecule has 0 aliphatic carbocycles. The van der Waals surface area contributed by atoms with Gasteiger partial charge in [0.15, 0.2) is 0 Å². The van der Waals surface area contributed by atoms with Gasteiger partial charge in [-0.1, -0.05) is 0 Å². The van der Waals surface area contributed by atoms with Crippen LogP contribution in [-0.4, -0.2) is 62.1 Å². The van der Waals surface area contributed by atoms with E-state index in [-0.39, 0.29) is 13.0 Å². The summed E-state index contributed by atoms with van der Waals surface area (Å²) in [7, 11) is 1.81. The van der Waals surface area contributed by atoms with Crippen LogP contribution in [0.15, 0.2) is 12.3 Å². The monoisotopic (exact) mass is 282 g/mol. The van der Waals surface area contributed by atoms with Crippen LogP contribution >= 0.6 is 0 Å². The van der Waals surface area contributed by atoms with Crippen molar-refractivity contribution < 1.29 is 19.8 Å². The minimum absolute atomic E-state index is 0.0501. The van der Waals surface area contributed by atoms with E-state index in [0.29, 0.717) is 13.0 Å². The molecule has 2 heterocycles. The van der Waals surface area contributed by atoms with Crippen molar-refractivity contribution in [3.05, 3.63) is 18.0 Å². The number of likely N-dealkylation sites (tertiary alicyclic amines) is 1. The second-order valence-electron chi connectivity index (χ2n) is 4.82. The number of aliphatic carboxylic acids is 1. The van der Waals surface area contributed by atoms with E-state index in [4.69, 9.17) is 5.11 Å². The number of nitrogens with one attached hydrogen (secondary N) is 1. The molecule has 110 valence electrons. The first-order valence-corrected chi connectivity index (χ1v) is 6.41. The molecule has 1 aliphatic rings. The molecule has 2 amide bonds. The Bertz CT molecular complexity index is 501. The number of rotatable bonds is 4. The van der Waals surface area contributed by atoms with Crippen molar-refractivity contribution in [3.8, 4) is 0 Å². The molecule has 1 aliphatic heterocycles. The first-order valence-electron chi connectivity index (χ1n) is 6.41. The van der Waals surface area contributed by atoms with Crippen LogP contribution in [0.4, 0.5) is 4.79 Å². The topological polar surface area (TPSA) is 108 Å². The van der Waals surface area contributed by atoms with Crippen LogP contribution < -0.4 is 5.32 Å². The zero-order chi connectivity index (χ0) is 14.7. The van der Waals surface area contributed by atoms with Gasteiger partial charge in [0, 0.05) is 44.9 Å². The number of hydrogen-bond donors (Lipinski definition) is 3. The molecule has 1 saturated heterocycles. The smallest absolute Gasteiger partial charge is 0.326 e. The first kappa shape index (κ1) is 14.3. The minimum atomic E-state index is -1.09. The molecule has 2 rings (SSSR count). The Balaban J connectivity index is 1.85. The summed E-state index contributed by atoms with van der Waals surface area (Å²) in [5.74, 6) is -1.09. The standard InChI is InChI=1S/C12H18N4O4/c1-15-8(3-5-14-15)2-4-13-12(20)16-7-9(17)6-10(16)11(18)19/h3,5,9-10,17H,2,4,6-7H2,1H3,(H,13,20)(H,18,19)/t9-,10-/m0/s1. The molecule has 3 N–H and O–H groups in total. The molecule has 0 radical (unpaired) electrons. The highest BCUT2D eigenvalue weighted by Crippen LogP contribution is 2.18. The van der Waals surface area contributed by atoms with Crippen molar-refractivity contribution in [1.82, 2.24) is 20.0 Å². The maximum atomic E-state index is 11.9. The maximum absolute atomic E-state index is 11.9. The second kappa shape index (κ2) is 5.91. The van der Waals surface area contributed by atoms with E-state index in [2.05, 4.69) is 10.4 Å². The van der Waals surface area contributed by atoms with E-state index in [1.165, 1.54) is 0 Å². The van der Waals surface area contributed by atoms with Gasteiger partial charge in [0.2, 0.25) is 0 Å². The Morgan fingerprint density at radius 3 is 2.90 bits per heavy atom. The molecular weight excluding hydrogens is 264 g/mol. The molecule has 0 bridgehead atoms. The van der Waals surface area contributed by atoms with Gasteiger partial charge in [0.25, 0.3) is 0 Å². The third-order valence-electron chi connectivity index (χ3n) is 3.40. The van der Waals surface area contributed by atoms with Gasteiger partial charge in [0.1, 0.15) is 6.04 Å². The molecule has 2 atom stereocenters. The Morgan fingerprint density at radius 1 is 1.55 bits per heavy atom. The van der Waals surface area contributed by atoms with Gasteiger partial charge in [0.05, 0.1) is 6.10 Å². The van der Waals surface area contributed by atoms with E-state index in [9.17, 15) is 14.7 Å². The van der Waals surface area contributed by atoms with Crippen molar-refractivity contribution in [1.29, 1.82) is 0 Å². The van der Waals surface area contributed by atoms with Crippen LogP contribution in [0.5, 0.6) is 0 Å². The van der Waals surface area contributed by atoms with E-state index in [1.54, 1.807) is 10.9 Å². The quantitative estimate of drug-likeness (QED) is 0.669. The summed E-state index contributed by atoms with van der Waals surface area (Å²) in [4.78, 5) is 24.1. The van der Waals surface area contributed by atoms with Crippen LogP contribution in [0.1, 0.15) is 12.1 Å². The normalized spacial score (nSPS) is 22.0. The third-order valence-corrected chi connectivity index (χ3v) is 3.40. The zero-order valence-corrected chi connectivity index (χ0v) is 11.2. The van der Waals surface area contributed by atoms with E-state index in [1.807, 2.05) is 13.1 Å². The highest BCUT2D eigenvalue weighted by Gasteiger charge is 2.38. The van der Waals surface area contributed by atoms with Crippen LogP contribution in [0.3, 0.4) is 0 Å². The number of aromatic nitrogens is 2. The molecule has 1 fully saturated rings. The van der Waals surface area contributed by atoms with Crippen molar-refractivity contribution in [2.45, 2.75) is 25.0 Å². The first-order chi connectivity index (χ1) is 9.49. The largest absolute Gasteiger partial charge is 0.480 e. The number of urea groups is 1. The number of carboxylic acid groups (broad SMARTS) is 1. The molecular formula is C12H18N4O4. The summed E-state index contributed by atoms with van der Waals surface area (Å²) in [6.07, 6.45) is 1.58.